The number of hydrogen-bond donors (Lipinski definition) is 1. The molecule has 1 heterocycles. The molecule has 0 aliphatic heterocycles. The molecule has 1 rings (SSSR count). The lowest BCUT2D eigenvalue weighted by molar-refractivity contribution is 0.0695. The van der Waals surface area contributed by atoms with E-state index in [0.717, 1.165) is 0 Å². The highest BCUT2D eigenvalue weighted by atomic mass is 16.5. The van der Waals surface area contributed by atoms with Crippen LogP contribution in [0, 0.1) is 6.92 Å². The highest BCUT2D eigenvalue weighted by Crippen LogP contribution is 2.12. The first-order valence-electron chi connectivity index (χ1n) is 3.99. The van der Waals surface area contributed by atoms with Crippen LogP contribution in [0.2, 0.25) is 0 Å². The van der Waals surface area contributed by atoms with Gasteiger partial charge in [0.05, 0.1) is 17.9 Å². The Bertz CT molecular complexity index is 323. The lowest BCUT2D eigenvalue weighted by atomic mass is 10.2. The van der Waals surface area contributed by atoms with Crippen molar-refractivity contribution in [1.29, 1.82) is 0 Å². The number of ether oxygens (including phenoxy) is 1. The van der Waals surface area contributed by atoms with Gasteiger partial charge in [0.1, 0.15) is 0 Å². The molecule has 0 amide bonds. The fraction of sp³-hybridized carbons (Fsp3) is 0.333. The van der Waals surface area contributed by atoms with E-state index in [-0.39, 0.29) is 5.56 Å². The number of carbonyl (C=O) groups is 1. The van der Waals surface area contributed by atoms with Gasteiger partial charge in [-0.3, -0.25) is 0 Å². The van der Waals surface area contributed by atoms with Crippen LogP contribution >= 0.6 is 0 Å². The minimum absolute atomic E-state index is 0.212. The molecule has 0 fully saturated rings. The fourth-order valence-electron chi connectivity index (χ4n) is 0.992. The summed E-state index contributed by atoms with van der Waals surface area (Å²) in [5.41, 5.74) is 0.682. The fourth-order valence-corrected chi connectivity index (χ4v) is 0.992. The van der Waals surface area contributed by atoms with Gasteiger partial charge in [0.25, 0.3) is 0 Å². The summed E-state index contributed by atoms with van der Waals surface area (Å²) in [7, 11) is 0. The molecule has 0 saturated carbocycles. The second-order valence-electron chi connectivity index (χ2n) is 2.52. The Labute approximate surface area is 76.2 Å². The van der Waals surface area contributed by atoms with Crippen LogP contribution in [-0.4, -0.2) is 22.7 Å². The van der Waals surface area contributed by atoms with Crippen molar-refractivity contribution in [3.05, 3.63) is 23.4 Å². The summed E-state index contributed by atoms with van der Waals surface area (Å²) in [6.45, 7) is 4.02. The molecule has 4 heteroatoms. The van der Waals surface area contributed by atoms with Gasteiger partial charge >= 0.3 is 5.97 Å². The second kappa shape index (κ2) is 3.89. The van der Waals surface area contributed by atoms with Crippen molar-refractivity contribution in [1.82, 2.24) is 4.98 Å². The topological polar surface area (TPSA) is 59.4 Å². The van der Waals surface area contributed by atoms with Crippen LogP contribution in [0.15, 0.2) is 12.1 Å². The summed E-state index contributed by atoms with van der Waals surface area (Å²) in [5.74, 6) is -0.502. The van der Waals surface area contributed by atoms with Crippen molar-refractivity contribution < 1.29 is 14.6 Å². The summed E-state index contributed by atoms with van der Waals surface area (Å²) in [5, 5.41) is 8.71. The number of carboxylic acids is 1. The zero-order chi connectivity index (χ0) is 9.84. The smallest absolute Gasteiger partial charge is 0.337 e. The van der Waals surface area contributed by atoms with E-state index >= 15 is 0 Å². The van der Waals surface area contributed by atoms with E-state index in [0.29, 0.717) is 18.2 Å². The third-order valence-electron chi connectivity index (χ3n) is 1.58. The number of aromatic nitrogens is 1. The van der Waals surface area contributed by atoms with Crippen molar-refractivity contribution in [3.63, 3.8) is 0 Å². The van der Waals surface area contributed by atoms with E-state index in [1.54, 1.807) is 13.0 Å². The van der Waals surface area contributed by atoms with E-state index in [9.17, 15) is 4.79 Å². The van der Waals surface area contributed by atoms with Gasteiger partial charge in [-0.1, -0.05) is 0 Å². The zero-order valence-electron chi connectivity index (χ0n) is 7.57. The molecule has 0 radical (unpaired) electrons. The van der Waals surface area contributed by atoms with Gasteiger partial charge in [-0.2, -0.15) is 0 Å². The van der Waals surface area contributed by atoms with Crippen molar-refractivity contribution >= 4 is 5.97 Å². The predicted molar refractivity (Wildman–Crippen MR) is 47.1 cm³/mol. The summed E-state index contributed by atoms with van der Waals surface area (Å²) < 4.78 is 5.12. The molecule has 1 N–H and O–H groups in total. The number of aryl methyl sites for hydroxylation is 1. The average Bonchev–Trinajstić information content (AvgIpc) is 2.04. The van der Waals surface area contributed by atoms with Gasteiger partial charge in [-0.25, -0.2) is 9.78 Å². The molecular weight excluding hydrogens is 170 g/mol. The first-order chi connectivity index (χ1) is 6.15. The highest BCUT2D eigenvalue weighted by Gasteiger charge is 2.08. The molecule has 0 unspecified atom stereocenters. The molecule has 70 valence electrons. The van der Waals surface area contributed by atoms with Gasteiger partial charge in [0.2, 0.25) is 5.88 Å². The third kappa shape index (κ3) is 2.18. The van der Waals surface area contributed by atoms with Gasteiger partial charge in [0, 0.05) is 6.07 Å². The third-order valence-corrected chi connectivity index (χ3v) is 1.58. The van der Waals surface area contributed by atoms with Crippen LogP contribution in [0.4, 0.5) is 0 Å². The standard InChI is InChI=1S/C9H11NO3/c1-3-13-8-5-4-7(9(11)12)6(2)10-8/h4-5H,3H2,1-2H3,(H,11,12). The van der Waals surface area contributed by atoms with E-state index in [1.807, 2.05) is 6.92 Å². The van der Waals surface area contributed by atoms with E-state index in [4.69, 9.17) is 9.84 Å². The summed E-state index contributed by atoms with van der Waals surface area (Å²) in [4.78, 5) is 14.6. The number of carboxylic acid groups (broad SMARTS) is 1. The van der Waals surface area contributed by atoms with Gasteiger partial charge in [-0.05, 0) is 19.9 Å². The lowest BCUT2D eigenvalue weighted by Gasteiger charge is -2.04. The van der Waals surface area contributed by atoms with Crippen molar-refractivity contribution in [2.24, 2.45) is 0 Å². The second-order valence-corrected chi connectivity index (χ2v) is 2.52. The largest absolute Gasteiger partial charge is 0.478 e. The molecule has 0 spiro atoms. The van der Waals surface area contributed by atoms with Gasteiger partial charge in [-0.15, -0.1) is 0 Å². The maximum atomic E-state index is 10.6. The van der Waals surface area contributed by atoms with Crippen molar-refractivity contribution in [3.8, 4) is 5.88 Å². The summed E-state index contributed by atoms with van der Waals surface area (Å²) >= 11 is 0. The molecule has 1 aromatic heterocycles. The molecule has 0 aliphatic rings. The molecule has 0 bridgehead atoms. The quantitative estimate of drug-likeness (QED) is 0.767. The maximum absolute atomic E-state index is 10.6. The lowest BCUT2D eigenvalue weighted by Crippen LogP contribution is -2.03. The number of nitrogens with zero attached hydrogens (tertiary/aromatic N) is 1. The minimum atomic E-state index is -0.965. The Morgan fingerprint density at radius 2 is 2.31 bits per heavy atom. The number of aromatic carboxylic acids is 1. The Balaban J connectivity index is 2.98. The predicted octanol–water partition coefficient (Wildman–Crippen LogP) is 1.49. The average molecular weight is 181 g/mol. The number of hydrogen-bond acceptors (Lipinski definition) is 3. The monoisotopic (exact) mass is 181 g/mol. The molecule has 0 aliphatic carbocycles. The SMILES string of the molecule is CCOc1ccc(C(=O)O)c(C)n1. The Morgan fingerprint density at radius 3 is 2.77 bits per heavy atom. The van der Waals surface area contributed by atoms with Crippen LogP contribution < -0.4 is 4.74 Å². The van der Waals surface area contributed by atoms with Crippen LogP contribution in [0.5, 0.6) is 5.88 Å². The normalized spacial score (nSPS) is 9.69. The Kier molecular flexibility index (Phi) is 2.84. The van der Waals surface area contributed by atoms with Gasteiger partial charge in [0.15, 0.2) is 0 Å². The molecule has 0 aromatic carbocycles. The summed E-state index contributed by atoms with van der Waals surface area (Å²) in [6, 6.07) is 3.05. The minimum Gasteiger partial charge on any atom is -0.478 e. The molecule has 4 nitrogen and oxygen atoms in total. The van der Waals surface area contributed by atoms with Crippen molar-refractivity contribution in [2.75, 3.05) is 6.61 Å². The highest BCUT2D eigenvalue weighted by molar-refractivity contribution is 5.88. The molecule has 0 atom stereocenters. The first-order valence-corrected chi connectivity index (χ1v) is 3.99. The Morgan fingerprint density at radius 1 is 1.62 bits per heavy atom. The van der Waals surface area contributed by atoms with E-state index < -0.39 is 5.97 Å². The van der Waals surface area contributed by atoms with Crippen LogP contribution in [-0.2, 0) is 0 Å². The number of pyridine rings is 1. The zero-order valence-corrected chi connectivity index (χ0v) is 7.57. The van der Waals surface area contributed by atoms with Crippen LogP contribution in [0.25, 0.3) is 0 Å². The Hall–Kier alpha value is -1.58. The maximum Gasteiger partial charge on any atom is 0.337 e. The van der Waals surface area contributed by atoms with Gasteiger partial charge < -0.3 is 9.84 Å². The first kappa shape index (κ1) is 9.51. The van der Waals surface area contributed by atoms with E-state index in [1.165, 1.54) is 6.07 Å². The molecule has 1 aromatic rings. The van der Waals surface area contributed by atoms with Crippen LogP contribution in [0.1, 0.15) is 23.0 Å². The van der Waals surface area contributed by atoms with Crippen LogP contribution in [0.3, 0.4) is 0 Å². The summed E-state index contributed by atoms with van der Waals surface area (Å²) in [6.07, 6.45) is 0. The molecular formula is C9H11NO3. The van der Waals surface area contributed by atoms with E-state index in [2.05, 4.69) is 4.98 Å². The number of rotatable bonds is 3. The van der Waals surface area contributed by atoms with Crippen molar-refractivity contribution in [2.45, 2.75) is 13.8 Å². The molecule has 13 heavy (non-hydrogen) atoms. The molecule has 0 saturated heterocycles.